The van der Waals surface area contributed by atoms with Gasteiger partial charge in [-0.2, -0.15) is 11.8 Å². The maximum Gasteiger partial charge on any atom is 0.315 e. The molecule has 2 heterocycles. The van der Waals surface area contributed by atoms with E-state index in [1.165, 1.54) is 18.6 Å². The van der Waals surface area contributed by atoms with Crippen LogP contribution in [0.2, 0.25) is 0 Å². The van der Waals surface area contributed by atoms with Gasteiger partial charge in [-0.1, -0.05) is 12.8 Å². The summed E-state index contributed by atoms with van der Waals surface area (Å²) in [4.78, 5) is 12.1. The van der Waals surface area contributed by atoms with Gasteiger partial charge in [-0.15, -0.1) is 0 Å². The van der Waals surface area contributed by atoms with E-state index < -0.39 is 0 Å². The molecule has 2 amide bonds. The van der Waals surface area contributed by atoms with Crippen molar-refractivity contribution in [3.05, 3.63) is 0 Å². The Morgan fingerprint density at radius 2 is 2.30 bits per heavy atom. The first kappa shape index (κ1) is 14.5. The normalized spacial score (nSPS) is 35.0. The highest BCUT2D eigenvalue weighted by Crippen LogP contribution is 2.38. The summed E-state index contributed by atoms with van der Waals surface area (Å²) in [6.45, 7) is 2.89. The van der Waals surface area contributed by atoms with Crippen LogP contribution < -0.4 is 10.6 Å². The average Bonchev–Trinajstić information content (AvgIpc) is 3.09. The maximum atomic E-state index is 12.1. The minimum Gasteiger partial charge on any atom is -0.374 e. The molecule has 3 fully saturated rings. The molecule has 3 aliphatic rings. The zero-order valence-electron chi connectivity index (χ0n) is 12.3. The summed E-state index contributed by atoms with van der Waals surface area (Å²) in [7, 11) is 0. The van der Waals surface area contributed by atoms with E-state index in [2.05, 4.69) is 17.6 Å². The fourth-order valence-electron chi connectivity index (χ4n) is 3.38. The Labute approximate surface area is 125 Å². The van der Waals surface area contributed by atoms with Crippen LogP contribution in [0.1, 0.15) is 45.4 Å². The highest BCUT2D eigenvalue weighted by atomic mass is 32.2. The van der Waals surface area contributed by atoms with Crippen molar-refractivity contribution in [2.75, 3.05) is 18.1 Å². The third-order valence-corrected chi connectivity index (χ3v) is 5.88. The molecule has 3 unspecified atom stereocenters. The number of rotatable bonds is 4. The van der Waals surface area contributed by atoms with Crippen LogP contribution in [-0.2, 0) is 4.74 Å². The number of amides is 2. The second-order valence-electron chi connectivity index (χ2n) is 6.72. The molecule has 2 aliphatic heterocycles. The molecule has 4 nitrogen and oxygen atoms in total. The van der Waals surface area contributed by atoms with Gasteiger partial charge in [0.2, 0.25) is 0 Å². The molecule has 20 heavy (non-hydrogen) atoms. The van der Waals surface area contributed by atoms with Crippen molar-refractivity contribution in [3.63, 3.8) is 0 Å². The summed E-state index contributed by atoms with van der Waals surface area (Å²) in [6, 6.07) is 0.569. The van der Waals surface area contributed by atoms with Crippen molar-refractivity contribution < 1.29 is 9.53 Å². The topological polar surface area (TPSA) is 50.4 Å². The third kappa shape index (κ3) is 3.82. The Balaban J connectivity index is 1.43. The standard InChI is InChI=1S/C15H26N2O2S/c1-11(8-12-2-3-12)16-14(18)17-13-4-6-19-15(9-13)5-7-20-10-15/h11-13H,2-10H2,1H3,(H2,16,17,18). The van der Waals surface area contributed by atoms with Crippen LogP contribution >= 0.6 is 11.8 Å². The van der Waals surface area contributed by atoms with Crippen molar-refractivity contribution in [1.82, 2.24) is 10.6 Å². The number of hydrogen-bond donors (Lipinski definition) is 2. The predicted molar refractivity (Wildman–Crippen MR) is 82.1 cm³/mol. The van der Waals surface area contributed by atoms with Gasteiger partial charge in [0.15, 0.2) is 0 Å². The Kier molecular flexibility index (Phi) is 4.46. The first-order valence-electron chi connectivity index (χ1n) is 7.94. The van der Waals surface area contributed by atoms with Crippen LogP contribution in [0.4, 0.5) is 4.79 Å². The van der Waals surface area contributed by atoms with Crippen molar-refractivity contribution in [3.8, 4) is 0 Å². The Hall–Kier alpha value is -0.420. The number of carbonyl (C=O) groups excluding carboxylic acids is 1. The van der Waals surface area contributed by atoms with Crippen molar-refractivity contribution in [2.24, 2.45) is 5.92 Å². The summed E-state index contributed by atoms with van der Waals surface area (Å²) < 4.78 is 5.99. The quantitative estimate of drug-likeness (QED) is 0.838. The summed E-state index contributed by atoms with van der Waals surface area (Å²) in [5.41, 5.74) is 0.0422. The van der Waals surface area contributed by atoms with Gasteiger partial charge < -0.3 is 15.4 Å². The summed E-state index contributed by atoms with van der Waals surface area (Å²) in [5.74, 6) is 3.13. The van der Waals surface area contributed by atoms with Gasteiger partial charge in [0.1, 0.15) is 0 Å². The van der Waals surface area contributed by atoms with E-state index >= 15 is 0 Å². The highest BCUT2D eigenvalue weighted by molar-refractivity contribution is 7.99. The number of hydrogen-bond acceptors (Lipinski definition) is 3. The molecular weight excluding hydrogens is 272 g/mol. The van der Waals surface area contributed by atoms with Gasteiger partial charge in [0.25, 0.3) is 0 Å². The summed E-state index contributed by atoms with van der Waals surface area (Å²) in [5, 5.41) is 6.24. The van der Waals surface area contributed by atoms with Crippen LogP contribution in [0, 0.1) is 5.92 Å². The molecular formula is C15H26N2O2S. The fourth-order valence-corrected chi connectivity index (χ4v) is 4.76. The van der Waals surface area contributed by atoms with Gasteiger partial charge >= 0.3 is 6.03 Å². The van der Waals surface area contributed by atoms with Gasteiger partial charge in [-0.05, 0) is 44.3 Å². The van der Waals surface area contributed by atoms with Gasteiger partial charge in [-0.25, -0.2) is 4.79 Å². The van der Waals surface area contributed by atoms with Crippen LogP contribution in [0.25, 0.3) is 0 Å². The first-order valence-corrected chi connectivity index (χ1v) is 9.09. The molecule has 0 aromatic heterocycles. The molecule has 114 valence electrons. The lowest BCUT2D eigenvalue weighted by molar-refractivity contribution is -0.0684. The average molecular weight is 298 g/mol. The molecule has 5 heteroatoms. The van der Waals surface area contributed by atoms with E-state index in [9.17, 15) is 4.79 Å². The van der Waals surface area contributed by atoms with Crippen molar-refractivity contribution in [1.29, 1.82) is 0 Å². The van der Waals surface area contributed by atoms with Crippen LogP contribution in [0.15, 0.2) is 0 Å². The largest absolute Gasteiger partial charge is 0.374 e. The molecule has 2 saturated heterocycles. The predicted octanol–water partition coefficient (Wildman–Crippen LogP) is 2.53. The zero-order valence-corrected chi connectivity index (χ0v) is 13.1. The number of carbonyl (C=O) groups is 1. The molecule has 2 N–H and O–H groups in total. The number of nitrogens with one attached hydrogen (secondary N) is 2. The van der Waals surface area contributed by atoms with Crippen LogP contribution in [-0.4, -0.2) is 41.8 Å². The highest BCUT2D eigenvalue weighted by Gasteiger charge is 2.40. The second-order valence-corrected chi connectivity index (χ2v) is 7.83. The molecule has 0 bridgehead atoms. The molecule has 0 aromatic carbocycles. The lowest BCUT2D eigenvalue weighted by atomic mass is 9.90. The van der Waals surface area contributed by atoms with E-state index in [1.807, 2.05) is 11.8 Å². The van der Waals surface area contributed by atoms with Gasteiger partial charge in [-0.3, -0.25) is 0 Å². The lowest BCUT2D eigenvalue weighted by Gasteiger charge is -2.38. The van der Waals surface area contributed by atoms with Crippen LogP contribution in [0.3, 0.4) is 0 Å². The van der Waals surface area contributed by atoms with E-state index in [0.717, 1.165) is 44.0 Å². The van der Waals surface area contributed by atoms with Gasteiger partial charge in [0.05, 0.1) is 5.60 Å². The number of thioether (sulfide) groups is 1. The second kappa shape index (κ2) is 6.14. The monoisotopic (exact) mass is 298 g/mol. The summed E-state index contributed by atoms with van der Waals surface area (Å²) in [6.07, 6.45) is 6.86. The third-order valence-electron chi connectivity index (χ3n) is 4.66. The maximum absolute atomic E-state index is 12.1. The van der Waals surface area contributed by atoms with Crippen molar-refractivity contribution >= 4 is 17.8 Å². The smallest absolute Gasteiger partial charge is 0.315 e. The molecule has 1 spiro atoms. The summed E-state index contributed by atoms with van der Waals surface area (Å²) >= 11 is 1.97. The SMILES string of the molecule is CC(CC1CC1)NC(=O)NC1CCOC2(CCSC2)C1. The Morgan fingerprint density at radius 3 is 3.00 bits per heavy atom. The molecule has 0 radical (unpaired) electrons. The molecule has 1 saturated carbocycles. The minimum absolute atomic E-state index is 0.00542. The van der Waals surface area contributed by atoms with E-state index in [0.29, 0.717) is 6.04 Å². The van der Waals surface area contributed by atoms with E-state index in [4.69, 9.17) is 4.74 Å². The minimum atomic E-state index is 0.00542. The van der Waals surface area contributed by atoms with E-state index in [-0.39, 0.29) is 17.7 Å². The molecule has 3 rings (SSSR count). The fraction of sp³-hybridized carbons (Fsp3) is 0.933. The van der Waals surface area contributed by atoms with Crippen LogP contribution in [0.5, 0.6) is 0 Å². The zero-order chi connectivity index (χ0) is 14.0. The molecule has 1 aliphatic carbocycles. The molecule has 0 aromatic rings. The number of urea groups is 1. The number of ether oxygens (including phenoxy) is 1. The van der Waals surface area contributed by atoms with E-state index in [1.54, 1.807) is 0 Å². The van der Waals surface area contributed by atoms with Gasteiger partial charge in [0, 0.05) is 24.4 Å². The lowest BCUT2D eigenvalue weighted by Crippen LogP contribution is -2.52. The van der Waals surface area contributed by atoms with Crippen molar-refractivity contribution in [2.45, 2.75) is 63.1 Å². The Morgan fingerprint density at radius 1 is 1.45 bits per heavy atom. The first-order chi connectivity index (χ1) is 9.65. The Bertz CT molecular complexity index is 354. The molecule has 3 atom stereocenters.